The summed E-state index contributed by atoms with van der Waals surface area (Å²) in [5.74, 6) is 0. The van der Waals surface area contributed by atoms with Crippen LogP contribution in [0.5, 0.6) is 0 Å². The molecule has 2 rings (SSSR count). The molecule has 0 amide bonds. The molecule has 2 fully saturated rings. The molecular weight excluding hydrogens is 188 g/mol. The van der Waals surface area contributed by atoms with Gasteiger partial charge >= 0.3 is 0 Å². The number of rotatable bonds is 4. The van der Waals surface area contributed by atoms with Gasteiger partial charge in [0.25, 0.3) is 0 Å². The smallest absolute Gasteiger partial charge is 0.0607 e. The molecule has 0 bridgehead atoms. The molecule has 0 radical (unpaired) electrons. The molecule has 88 valence electrons. The number of nitrogens with two attached hydrogens (primary N) is 1. The predicted octanol–water partition coefficient (Wildman–Crippen LogP) is 1.41. The van der Waals surface area contributed by atoms with E-state index in [0.29, 0.717) is 12.1 Å². The Hall–Kier alpha value is -0.120. The third-order valence-corrected chi connectivity index (χ3v) is 4.08. The summed E-state index contributed by atoms with van der Waals surface area (Å²) in [6.07, 6.45) is 9.46. The van der Waals surface area contributed by atoms with Crippen molar-refractivity contribution in [1.29, 1.82) is 0 Å². The molecule has 0 saturated heterocycles. The van der Waals surface area contributed by atoms with Crippen molar-refractivity contribution in [2.75, 3.05) is 13.7 Å². The summed E-state index contributed by atoms with van der Waals surface area (Å²) in [7, 11) is 1.80. The lowest BCUT2D eigenvalue weighted by Gasteiger charge is -2.49. The summed E-state index contributed by atoms with van der Waals surface area (Å²) in [6, 6.07) is 0.708. The molecule has 2 aliphatic carbocycles. The van der Waals surface area contributed by atoms with Crippen molar-refractivity contribution in [2.45, 2.75) is 62.6 Å². The number of methoxy groups -OCH3 is 1. The van der Waals surface area contributed by atoms with Crippen molar-refractivity contribution in [3.05, 3.63) is 0 Å². The van der Waals surface area contributed by atoms with Gasteiger partial charge in [-0.05, 0) is 25.7 Å². The van der Waals surface area contributed by atoms with Crippen LogP contribution in [0.4, 0.5) is 0 Å². The number of hydrogen-bond acceptors (Lipinski definition) is 3. The van der Waals surface area contributed by atoms with E-state index in [1.54, 1.807) is 7.11 Å². The van der Waals surface area contributed by atoms with Crippen molar-refractivity contribution in [2.24, 2.45) is 5.73 Å². The van der Waals surface area contributed by atoms with E-state index in [4.69, 9.17) is 10.5 Å². The van der Waals surface area contributed by atoms with Crippen LogP contribution in [0, 0.1) is 0 Å². The topological polar surface area (TPSA) is 47.3 Å². The zero-order valence-corrected chi connectivity index (χ0v) is 9.80. The van der Waals surface area contributed by atoms with Gasteiger partial charge in [0.15, 0.2) is 0 Å². The minimum Gasteiger partial charge on any atom is -0.381 e. The van der Waals surface area contributed by atoms with E-state index in [0.717, 1.165) is 19.4 Å². The van der Waals surface area contributed by atoms with Crippen LogP contribution < -0.4 is 11.1 Å². The van der Waals surface area contributed by atoms with Gasteiger partial charge in [0, 0.05) is 25.2 Å². The Balaban J connectivity index is 1.80. The third-order valence-electron chi connectivity index (χ3n) is 4.08. The fourth-order valence-corrected chi connectivity index (χ4v) is 3.00. The van der Waals surface area contributed by atoms with Crippen LogP contribution in [0.25, 0.3) is 0 Å². The fraction of sp³-hybridized carbons (Fsp3) is 1.00. The molecule has 0 aliphatic heterocycles. The zero-order chi connectivity index (χ0) is 10.7. The van der Waals surface area contributed by atoms with E-state index in [1.807, 2.05) is 0 Å². The molecule has 2 saturated carbocycles. The van der Waals surface area contributed by atoms with Gasteiger partial charge in [-0.15, -0.1) is 0 Å². The summed E-state index contributed by atoms with van der Waals surface area (Å²) in [5.41, 5.74) is 6.08. The maximum Gasteiger partial charge on any atom is 0.0607 e. The average Bonchev–Trinajstić information content (AvgIpc) is 2.24. The second-order valence-electron chi connectivity index (χ2n) is 5.23. The number of hydrogen-bond donors (Lipinski definition) is 2. The van der Waals surface area contributed by atoms with Crippen molar-refractivity contribution in [1.82, 2.24) is 5.32 Å². The summed E-state index contributed by atoms with van der Waals surface area (Å²) in [6.45, 7) is 0.753. The van der Waals surface area contributed by atoms with Gasteiger partial charge in [-0.2, -0.15) is 0 Å². The van der Waals surface area contributed by atoms with Gasteiger partial charge in [-0.1, -0.05) is 19.3 Å². The molecule has 3 nitrogen and oxygen atoms in total. The lowest BCUT2D eigenvalue weighted by atomic mass is 9.73. The zero-order valence-electron chi connectivity index (χ0n) is 9.80. The molecule has 0 atom stereocenters. The van der Waals surface area contributed by atoms with Crippen molar-refractivity contribution < 1.29 is 4.74 Å². The first-order chi connectivity index (χ1) is 7.28. The molecule has 0 heterocycles. The van der Waals surface area contributed by atoms with Crippen molar-refractivity contribution in [3.63, 3.8) is 0 Å². The first kappa shape index (κ1) is 11.4. The van der Waals surface area contributed by atoms with Gasteiger partial charge in [0.2, 0.25) is 0 Å². The molecule has 0 aromatic rings. The Morgan fingerprint density at radius 3 is 2.47 bits per heavy atom. The molecule has 3 N–H and O–H groups in total. The Bertz CT molecular complexity index is 196. The van der Waals surface area contributed by atoms with E-state index in [2.05, 4.69) is 5.32 Å². The molecule has 3 heteroatoms. The molecule has 15 heavy (non-hydrogen) atoms. The normalized spacial score (nSPS) is 37.6. The molecule has 2 aliphatic rings. The maximum absolute atomic E-state index is 5.88. The first-order valence-corrected chi connectivity index (χ1v) is 6.28. The number of ether oxygens (including phenoxy) is 1. The van der Waals surface area contributed by atoms with Crippen LogP contribution >= 0.6 is 0 Å². The average molecular weight is 212 g/mol. The van der Waals surface area contributed by atoms with E-state index in [9.17, 15) is 0 Å². The minimum atomic E-state index is 0.197. The SMILES string of the molecule is COC1CC(CN)(NC2CCCCC2)C1. The fourth-order valence-electron chi connectivity index (χ4n) is 3.00. The molecule has 0 unspecified atom stereocenters. The monoisotopic (exact) mass is 212 g/mol. The van der Waals surface area contributed by atoms with Crippen molar-refractivity contribution in [3.8, 4) is 0 Å². The van der Waals surface area contributed by atoms with Gasteiger partial charge in [0.05, 0.1) is 6.10 Å². The maximum atomic E-state index is 5.88. The lowest BCUT2D eigenvalue weighted by molar-refractivity contribution is -0.0327. The van der Waals surface area contributed by atoms with Gasteiger partial charge in [-0.25, -0.2) is 0 Å². The predicted molar refractivity (Wildman–Crippen MR) is 61.8 cm³/mol. The van der Waals surface area contributed by atoms with Gasteiger partial charge in [-0.3, -0.25) is 0 Å². The summed E-state index contributed by atoms with van der Waals surface area (Å²) < 4.78 is 5.34. The Kier molecular flexibility index (Phi) is 3.65. The molecule has 0 aromatic carbocycles. The van der Waals surface area contributed by atoms with Crippen LogP contribution in [-0.2, 0) is 4.74 Å². The Morgan fingerprint density at radius 2 is 1.93 bits per heavy atom. The highest BCUT2D eigenvalue weighted by atomic mass is 16.5. The summed E-state index contributed by atoms with van der Waals surface area (Å²) in [4.78, 5) is 0. The quantitative estimate of drug-likeness (QED) is 0.741. The molecule has 0 aromatic heterocycles. The third kappa shape index (κ3) is 2.52. The largest absolute Gasteiger partial charge is 0.381 e. The second-order valence-corrected chi connectivity index (χ2v) is 5.23. The Labute approximate surface area is 92.7 Å². The highest BCUT2D eigenvalue weighted by molar-refractivity contribution is 5.04. The van der Waals surface area contributed by atoms with Crippen molar-refractivity contribution >= 4 is 0 Å². The van der Waals surface area contributed by atoms with E-state index in [1.165, 1.54) is 32.1 Å². The van der Waals surface area contributed by atoms with Gasteiger partial charge in [0.1, 0.15) is 0 Å². The van der Waals surface area contributed by atoms with Gasteiger partial charge < -0.3 is 15.8 Å². The Morgan fingerprint density at radius 1 is 1.27 bits per heavy atom. The highest BCUT2D eigenvalue weighted by Crippen LogP contribution is 2.35. The molecular formula is C12H24N2O. The lowest BCUT2D eigenvalue weighted by Crippen LogP contribution is -2.64. The van der Waals surface area contributed by atoms with Crippen LogP contribution in [0.3, 0.4) is 0 Å². The summed E-state index contributed by atoms with van der Waals surface area (Å²) in [5, 5.41) is 3.78. The standard InChI is InChI=1S/C12H24N2O/c1-15-11-7-12(8-11,9-13)14-10-5-3-2-4-6-10/h10-11,14H,2-9,13H2,1H3. The second kappa shape index (κ2) is 4.81. The van der Waals surface area contributed by atoms with Crippen LogP contribution in [0.2, 0.25) is 0 Å². The number of nitrogens with one attached hydrogen (secondary N) is 1. The van der Waals surface area contributed by atoms with E-state index >= 15 is 0 Å². The van der Waals surface area contributed by atoms with E-state index < -0.39 is 0 Å². The minimum absolute atomic E-state index is 0.197. The van der Waals surface area contributed by atoms with Crippen LogP contribution in [0.1, 0.15) is 44.9 Å². The van der Waals surface area contributed by atoms with Crippen LogP contribution in [0.15, 0.2) is 0 Å². The van der Waals surface area contributed by atoms with E-state index in [-0.39, 0.29) is 5.54 Å². The summed E-state index contributed by atoms with van der Waals surface area (Å²) >= 11 is 0. The molecule has 0 spiro atoms. The van der Waals surface area contributed by atoms with Crippen LogP contribution in [-0.4, -0.2) is 31.3 Å². The highest BCUT2D eigenvalue weighted by Gasteiger charge is 2.44. The first-order valence-electron chi connectivity index (χ1n) is 6.28.